The summed E-state index contributed by atoms with van der Waals surface area (Å²) in [5.74, 6) is -3.62. The molecule has 12 heteroatoms. The minimum atomic E-state index is -3.44. The first-order valence-corrected chi connectivity index (χ1v) is 11.4. The number of fused-ring (bicyclic) bond motifs is 1. The molecule has 1 aromatic carbocycles. The van der Waals surface area contributed by atoms with Crippen LogP contribution in [-0.4, -0.2) is 55.6 Å². The van der Waals surface area contributed by atoms with Crippen LogP contribution in [0.15, 0.2) is 17.1 Å². The average molecular weight is 447 g/mol. The standard InChI is InChI=1S/C17H19F2N3O5S2/c1-27-14(23)9-22-15-12(19)6-11(18)7-13(15)28-17(22)20-16(24)10-4-3-5-21(8-10)29(2,25)26/h6-7,10H,3-5,8-9H2,1-2H3. The van der Waals surface area contributed by atoms with Gasteiger partial charge in [-0.15, -0.1) is 0 Å². The van der Waals surface area contributed by atoms with E-state index >= 15 is 0 Å². The summed E-state index contributed by atoms with van der Waals surface area (Å²) in [7, 11) is -2.28. The van der Waals surface area contributed by atoms with Crippen molar-refractivity contribution in [2.75, 3.05) is 26.5 Å². The van der Waals surface area contributed by atoms with Gasteiger partial charge in [-0.25, -0.2) is 21.5 Å². The van der Waals surface area contributed by atoms with Crippen molar-refractivity contribution in [3.8, 4) is 0 Å². The number of ether oxygens (including phenoxy) is 1. The molecule has 1 amide bonds. The van der Waals surface area contributed by atoms with Gasteiger partial charge in [0, 0.05) is 19.2 Å². The van der Waals surface area contributed by atoms with Crippen molar-refractivity contribution in [3.05, 3.63) is 28.6 Å². The summed E-state index contributed by atoms with van der Waals surface area (Å²) in [5.41, 5.74) is -0.0604. The quantitative estimate of drug-likeness (QED) is 0.657. The predicted octanol–water partition coefficient (Wildman–Crippen LogP) is 1.25. The maximum Gasteiger partial charge on any atom is 0.325 e. The van der Waals surface area contributed by atoms with E-state index in [0.29, 0.717) is 25.5 Å². The second kappa shape index (κ2) is 8.28. The van der Waals surface area contributed by atoms with Crippen LogP contribution in [0.3, 0.4) is 0 Å². The van der Waals surface area contributed by atoms with Gasteiger partial charge in [-0.05, 0) is 18.9 Å². The molecule has 2 aromatic rings. The Hall–Kier alpha value is -2.18. The molecular weight excluding hydrogens is 428 g/mol. The van der Waals surface area contributed by atoms with E-state index in [4.69, 9.17) is 0 Å². The number of benzene rings is 1. The first-order chi connectivity index (χ1) is 13.6. The Morgan fingerprint density at radius 3 is 2.72 bits per heavy atom. The summed E-state index contributed by atoms with van der Waals surface area (Å²) in [6, 6.07) is 1.77. The van der Waals surface area contributed by atoms with Crippen LogP contribution in [0.5, 0.6) is 0 Å². The number of halogens is 2. The van der Waals surface area contributed by atoms with Gasteiger partial charge in [-0.2, -0.15) is 4.99 Å². The van der Waals surface area contributed by atoms with Crippen LogP contribution in [0.4, 0.5) is 8.78 Å². The minimum absolute atomic E-state index is 0.00600. The molecule has 1 aromatic heterocycles. The summed E-state index contributed by atoms with van der Waals surface area (Å²) >= 11 is 0.859. The Morgan fingerprint density at radius 1 is 1.34 bits per heavy atom. The number of nitrogens with zero attached hydrogens (tertiary/aromatic N) is 3. The molecule has 1 fully saturated rings. The highest BCUT2D eigenvalue weighted by molar-refractivity contribution is 7.88. The molecule has 1 aliphatic rings. The molecule has 0 spiro atoms. The van der Waals surface area contributed by atoms with Crippen molar-refractivity contribution in [3.63, 3.8) is 0 Å². The average Bonchev–Trinajstić information content (AvgIpc) is 2.97. The van der Waals surface area contributed by atoms with Crippen LogP contribution in [-0.2, 0) is 30.9 Å². The minimum Gasteiger partial charge on any atom is -0.468 e. The Bertz CT molecular complexity index is 1140. The molecule has 1 atom stereocenters. The molecule has 2 heterocycles. The number of hydrogen-bond acceptors (Lipinski definition) is 6. The Labute approximate surface area is 169 Å². The maximum absolute atomic E-state index is 14.3. The van der Waals surface area contributed by atoms with Crippen LogP contribution in [0.1, 0.15) is 12.8 Å². The number of thiazole rings is 1. The van der Waals surface area contributed by atoms with Crippen molar-refractivity contribution in [1.29, 1.82) is 0 Å². The van der Waals surface area contributed by atoms with Gasteiger partial charge < -0.3 is 9.30 Å². The second-order valence-corrected chi connectivity index (χ2v) is 9.68. The first kappa shape index (κ1) is 21.5. The van der Waals surface area contributed by atoms with Crippen LogP contribution < -0.4 is 4.80 Å². The number of sulfonamides is 1. The third-order valence-electron chi connectivity index (χ3n) is 4.62. The van der Waals surface area contributed by atoms with Gasteiger partial charge in [0.05, 0.1) is 29.5 Å². The van der Waals surface area contributed by atoms with E-state index < -0.39 is 46.0 Å². The van der Waals surface area contributed by atoms with Crippen molar-refractivity contribution >= 4 is 43.5 Å². The zero-order valence-electron chi connectivity index (χ0n) is 15.7. The molecule has 0 saturated carbocycles. The third kappa shape index (κ3) is 4.70. The van der Waals surface area contributed by atoms with E-state index in [2.05, 4.69) is 9.73 Å². The lowest BCUT2D eigenvalue weighted by Gasteiger charge is -2.28. The highest BCUT2D eigenvalue weighted by Gasteiger charge is 2.30. The molecule has 0 radical (unpaired) electrons. The SMILES string of the molecule is COC(=O)Cn1c(=NC(=O)C2CCCN(S(C)(=O)=O)C2)sc2cc(F)cc(F)c21. The van der Waals surface area contributed by atoms with Crippen LogP contribution >= 0.6 is 11.3 Å². The third-order valence-corrected chi connectivity index (χ3v) is 6.91. The molecule has 8 nitrogen and oxygen atoms in total. The number of carbonyl (C=O) groups excluding carboxylic acids is 2. The molecule has 0 aliphatic carbocycles. The number of amides is 1. The first-order valence-electron chi connectivity index (χ1n) is 8.69. The smallest absolute Gasteiger partial charge is 0.325 e. The fourth-order valence-electron chi connectivity index (χ4n) is 3.19. The van der Waals surface area contributed by atoms with E-state index in [1.165, 1.54) is 4.31 Å². The summed E-state index contributed by atoms with van der Waals surface area (Å²) in [4.78, 5) is 28.5. The monoisotopic (exact) mass is 447 g/mol. The number of hydrogen-bond donors (Lipinski definition) is 0. The molecule has 1 saturated heterocycles. The van der Waals surface area contributed by atoms with Gasteiger partial charge in [0.15, 0.2) is 10.6 Å². The van der Waals surface area contributed by atoms with Gasteiger partial charge in [0.2, 0.25) is 10.0 Å². The summed E-state index contributed by atoms with van der Waals surface area (Å²) in [5, 5.41) is 0. The maximum atomic E-state index is 14.3. The summed E-state index contributed by atoms with van der Waals surface area (Å²) in [6.45, 7) is -0.0737. The van der Waals surface area contributed by atoms with E-state index in [1.807, 2.05) is 0 Å². The Balaban J connectivity index is 2.04. The molecule has 0 N–H and O–H groups in total. The van der Waals surface area contributed by atoms with E-state index in [0.717, 1.165) is 35.3 Å². The van der Waals surface area contributed by atoms with Gasteiger partial charge in [0.1, 0.15) is 12.4 Å². The number of rotatable bonds is 4. The highest BCUT2D eigenvalue weighted by Crippen LogP contribution is 2.23. The zero-order chi connectivity index (χ0) is 21.3. The van der Waals surface area contributed by atoms with Gasteiger partial charge >= 0.3 is 5.97 Å². The van der Waals surface area contributed by atoms with E-state index in [1.54, 1.807) is 0 Å². The topological polar surface area (TPSA) is 98.0 Å². The van der Waals surface area contributed by atoms with Gasteiger partial charge in [-0.1, -0.05) is 11.3 Å². The summed E-state index contributed by atoms with van der Waals surface area (Å²) < 4.78 is 58.6. The Morgan fingerprint density at radius 2 is 2.07 bits per heavy atom. The van der Waals surface area contributed by atoms with Crippen molar-refractivity contribution in [1.82, 2.24) is 8.87 Å². The van der Waals surface area contributed by atoms with Gasteiger partial charge in [-0.3, -0.25) is 9.59 Å². The van der Waals surface area contributed by atoms with Crippen LogP contribution in [0.25, 0.3) is 10.2 Å². The molecule has 0 bridgehead atoms. The largest absolute Gasteiger partial charge is 0.468 e. The number of esters is 1. The lowest BCUT2D eigenvalue weighted by atomic mass is 9.99. The normalized spacial score (nSPS) is 18.9. The Kier molecular flexibility index (Phi) is 6.15. The van der Waals surface area contributed by atoms with Gasteiger partial charge in [0.25, 0.3) is 5.91 Å². The fraction of sp³-hybridized carbons (Fsp3) is 0.471. The van der Waals surface area contributed by atoms with Crippen LogP contribution in [0, 0.1) is 17.6 Å². The molecule has 3 rings (SSSR count). The molecule has 1 aliphatic heterocycles. The van der Waals surface area contributed by atoms with E-state index in [-0.39, 0.29) is 21.6 Å². The fourth-order valence-corrected chi connectivity index (χ4v) is 5.17. The lowest BCUT2D eigenvalue weighted by molar-refractivity contribution is -0.141. The van der Waals surface area contributed by atoms with Crippen molar-refractivity contribution in [2.45, 2.75) is 19.4 Å². The number of carbonyl (C=O) groups is 2. The van der Waals surface area contributed by atoms with Crippen LogP contribution in [0.2, 0.25) is 0 Å². The second-order valence-electron chi connectivity index (χ2n) is 6.69. The number of piperidine rings is 1. The number of aromatic nitrogens is 1. The lowest BCUT2D eigenvalue weighted by Crippen LogP contribution is -2.41. The highest BCUT2D eigenvalue weighted by atomic mass is 32.2. The molecule has 1 unspecified atom stereocenters. The predicted molar refractivity (Wildman–Crippen MR) is 101 cm³/mol. The van der Waals surface area contributed by atoms with Crippen molar-refractivity contribution in [2.24, 2.45) is 10.9 Å². The molecular formula is C17H19F2N3O5S2. The zero-order valence-corrected chi connectivity index (χ0v) is 17.4. The van der Waals surface area contributed by atoms with E-state index in [9.17, 15) is 26.8 Å². The molecule has 29 heavy (non-hydrogen) atoms. The van der Waals surface area contributed by atoms with Crippen molar-refractivity contribution < 1.29 is 31.5 Å². The molecule has 158 valence electrons. The summed E-state index contributed by atoms with van der Waals surface area (Å²) in [6.07, 6.45) is 2.04. The number of methoxy groups -OCH3 is 1.